The summed E-state index contributed by atoms with van der Waals surface area (Å²) in [5.74, 6) is 0.615. The summed E-state index contributed by atoms with van der Waals surface area (Å²) in [6.07, 6.45) is 2.79. The third kappa shape index (κ3) is 4.39. The van der Waals surface area contributed by atoms with E-state index < -0.39 is 16.1 Å². The van der Waals surface area contributed by atoms with Crippen LogP contribution < -0.4 is 4.74 Å². The largest absolute Gasteiger partial charge is 0.481 e. The molecule has 0 saturated carbocycles. The molecule has 2 heterocycles. The molecule has 7 heteroatoms. The van der Waals surface area contributed by atoms with Gasteiger partial charge in [0, 0.05) is 19.2 Å². The highest BCUT2D eigenvalue weighted by Crippen LogP contribution is 2.28. The van der Waals surface area contributed by atoms with Gasteiger partial charge in [-0.1, -0.05) is 6.07 Å². The van der Waals surface area contributed by atoms with E-state index in [1.54, 1.807) is 18.2 Å². The average Bonchev–Trinajstić information content (AvgIpc) is 2.46. The molecule has 0 spiro atoms. The number of sulfonamides is 1. The monoisotopic (exact) mass is 314 g/mol. The molecule has 2 atom stereocenters. The molecule has 118 valence electrons. The lowest BCUT2D eigenvalue weighted by Crippen LogP contribution is -2.39. The lowest BCUT2D eigenvalue weighted by atomic mass is 9.92. The van der Waals surface area contributed by atoms with Crippen LogP contribution in [0.15, 0.2) is 18.2 Å². The fraction of sp³-hybridized carbons (Fsp3) is 0.643. The van der Waals surface area contributed by atoms with E-state index in [0.29, 0.717) is 31.1 Å². The molecule has 0 aliphatic carbocycles. The Labute approximate surface area is 125 Å². The highest BCUT2D eigenvalue weighted by molar-refractivity contribution is 7.88. The van der Waals surface area contributed by atoms with Crippen LogP contribution in [0, 0.1) is 5.92 Å². The minimum absolute atomic E-state index is 0.150. The van der Waals surface area contributed by atoms with Crippen molar-refractivity contribution in [3.05, 3.63) is 23.9 Å². The van der Waals surface area contributed by atoms with Gasteiger partial charge in [-0.25, -0.2) is 17.7 Å². The van der Waals surface area contributed by atoms with E-state index in [-0.39, 0.29) is 5.92 Å². The fourth-order valence-corrected chi connectivity index (χ4v) is 3.63. The third-order valence-electron chi connectivity index (χ3n) is 3.80. The van der Waals surface area contributed by atoms with Gasteiger partial charge in [-0.05, 0) is 31.2 Å². The maximum absolute atomic E-state index is 11.6. The summed E-state index contributed by atoms with van der Waals surface area (Å²) in [6.45, 7) is 1.04. The van der Waals surface area contributed by atoms with E-state index in [2.05, 4.69) is 4.98 Å². The maximum Gasteiger partial charge on any atom is 0.213 e. The van der Waals surface area contributed by atoms with Crippen molar-refractivity contribution in [2.45, 2.75) is 25.4 Å². The van der Waals surface area contributed by atoms with Crippen LogP contribution >= 0.6 is 0 Å². The molecule has 21 heavy (non-hydrogen) atoms. The zero-order chi connectivity index (χ0) is 15.5. The second-order valence-corrected chi connectivity index (χ2v) is 7.47. The van der Waals surface area contributed by atoms with Gasteiger partial charge in [0.1, 0.15) is 0 Å². The number of nitrogens with zero attached hydrogens (tertiary/aromatic N) is 2. The number of piperidine rings is 1. The van der Waals surface area contributed by atoms with Crippen molar-refractivity contribution in [3.63, 3.8) is 0 Å². The summed E-state index contributed by atoms with van der Waals surface area (Å²) < 4.78 is 29.8. The fourth-order valence-electron chi connectivity index (χ4n) is 2.69. The topological polar surface area (TPSA) is 79.7 Å². The Morgan fingerprint density at radius 2 is 2.29 bits per heavy atom. The number of hydrogen-bond donors (Lipinski definition) is 1. The van der Waals surface area contributed by atoms with E-state index in [1.807, 2.05) is 0 Å². The highest BCUT2D eigenvalue weighted by atomic mass is 32.2. The molecule has 1 saturated heterocycles. The summed E-state index contributed by atoms with van der Waals surface area (Å²) >= 11 is 0. The van der Waals surface area contributed by atoms with Crippen LogP contribution in [-0.2, 0) is 10.0 Å². The SMILES string of the molecule is COc1cccc(C(O)CC2CCCN(S(C)(=O)=O)C2)n1. The molecule has 0 aromatic carbocycles. The first-order chi connectivity index (χ1) is 9.90. The molecular weight excluding hydrogens is 292 g/mol. The van der Waals surface area contributed by atoms with Gasteiger partial charge in [0.2, 0.25) is 15.9 Å². The quantitative estimate of drug-likeness (QED) is 0.883. The molecule has 1 aliphatic heterocycles. The zero-order valence-corrected chi connectivity index (χ0v) is 13.2. The lowest BCUT2D eigenvalue weighted by Gasteiger charge is -2.31. The molecule has 0 bridgehead atoms. The molecule has 0 radical (unpaired) electrons. The van der Waals surface area contributed by atoms with E-state index >= 15 is 0 Å². The second kappa shape index (κ2) is 6.72. The summed E-state index contributed by atoms with van der Waals surface area (Å²) in [4.78, 5) is 4.22. The van der Waals surface area contributed by atoms with E-state index in [1.165, 1.54) is 17.7 Å². The van der Waals surface area contributed by atoms with E-state index in [9.17, 15) is 13.5 Å². The van der Waals surface area contributed by atoms with Crippen molar-refractivity contribution in [2.24, 2.45) is 5.92 Å². The third-order valence-corrected chi connectivity index (χ3v) is 5.07. The Hall–Kier alpha value is -1.18. The van der Waals surface area contributed by atoms with Crippen LogP contribution in [0.25, 0.3) is 0 Å². The molecule has 6 nitrogen and oxygen atoms in total. The molecule has 1 N–H and O–H groups in total. The predicted molar refractivity (Wildman–Crippen MR) is 79.5 cm³/mol. The first-order valence-electron chi connectivity index (χ1n) is 7.04. The maximum atomic E-state index is 11.6. The summed E-state index contributed by atoms with van der Waals surface area (Å²) in [6, 6.07) is 5.26. The standard InChI is InChI=1S/C14H22N2O4S/c1-20-14-7-3-6-12(15-14)13(17)9-11-5-4-8-16(10-11)21(2,18)19/h3,6-7,11,13,17H,4-5,8-10H2,1-2H3. The molecule has 0 amide bonds. The Morgan fingerprint density at radius 1 is 1.52 bits per heavy atom. The molecule has 1 aromatic heterocycles. The van der Waals surface area contributed by atoms with Gasteiger partial charge in [-0.3, -0.25) is 0 Å². The number of aromatic nitrogens is 1. The number of aliphatic hydroxyl groups excluding tert-OH is 1. The van der Waals surface area contributed by atoms with Crippen LogP contribution in [0.1, 0.15) is 31.1 Å². The minimum atomic E-state index is -3.15. The van der Waals surface area contributed by atoms with Crippen LogP contribution in [0.2, 0.25) is 0 Å². The summed E-state index contributed by atoms with van der Waals surface area (Å²) in [7, 11) is -1.62. The number of methoxy groups -OCH3 is 1. The summed E-state index contributed by atoms with van der Waals surface area (Å²) in [5, 5.41) is 10.3. The molecule has 1 fully saturated rings. The van der Waals surface area contributed by atoms with Gasteiger partial charge in [0.05, 0.1) is 25.2 Å². The Kier molecular flexibility index (Phi) is 5.18. The van der Waals surface area contributed by atoms with Crippen LogP contribution in [0.3, 0.4) is 0 Å². The highest BCUT2D eigenvalue weighted by Gasteiger charge is 2.27. The van der Waals surface area contributed by atoms with Crippen molar-refractivity contribution < 1.29 is 18.3 Å². The van der Waals surface area contributed by atoms with Crippen molar-refractivity contribution >= 4 is 10.0 Å². The first kappa shape index (κ1) is 16.2. The smallest absolute Gasteiger partial charge is 0.213 e. The van der Waals surface area contributed by atoms with Crippen LogP contribution in [0.5, 0.6) is 5.88 Å². The average molecular weight is 314 g/mol. The van der Waals surface area contributed by atoms with Crippen molar-refractivity contribution in [2.75, 3.05) is 26.5 Å². The van der Waals surface area contributed by atoms with E-state index in [0.717, 1.165) is 12.8 Å². The Bertz CT molecular complexity index is 576. The first-order valence-corrected chi connectivity index (χ1v) is 8.89. The van der Waals surface area contributed by atoms with Gasteiger partial charge in [-0.2, -0.15) is 0 Å². The normalized spacial score (nSPS) is 22.0. The molecule has 1 aliphatic rings. The summed E-state index contributed by atoms with van der Waals surface area (Å²) in [5.41, 5.74) is 0.561. The van der Waals surface area contributed by atoms with Gasteiger partial charge in [-0.15, -0.1) is 0 Å². The second-order valence-electron chi connectivity index (χ2n) is 5.49. The molecule has 1 aromatic rings. The Balaban J connectivity index is 2.00. The van der Waals surface area contributed by atoms with E-state index in [4.69, 9.17) is 4.74 Å². The van der Waals surface area contributed by atoms with Crippen molar-refractivity contribution in [3.8, 4) is 5.88 Å². The molecule has 2 unspecified atom stereocenters. The van der Waals surface area contributed by atoms with Gasteiger partial charge >= 0.3 is 0 Å². The predicted octanol–water partition coefficient (Wildman–Crippen LogP) is 1.19. The van der Waals surface area contributed by atoms with Gasteiger partial charge < -0.3 is 9.84 Å². The van der Waals surface area contributed by atoms with Crippen molar-refractivity contribution in [1.29, 1.82) is 0 Å². The number of aliphatic hydroxyl groups is 1. The number of pyridine rings is 1. The number of rotatable bonds is 5. The van der Waals surface area contributed by atoms with Gasteiger partial charge in [0.25, 0.3) is 0 Å². The van der Waals surface area contributed by atoms with Crippen LogP contribution in [0.4, 0.5) is 0 Å². The molecule has 2 rings (SSSR count). The zero-order valence-electron chi connectivity index (χ0n) is 12.4. The molecular formula is C14H22N2O4S. The lowest BCUT2D eigenvalue weighted by molar-refractivity contribution is 0.118. The Morgan fingerprint density at radius 3 is 2.95 bits per heavy atom. The van der Waals surface area contributed by atoms with Crippen molar-refractivity contribution in [1.82, 2.24) is 9.29 Å². The van der Waals surface area contributed by atoms with Crippen LogP contribution in [-0.4, -0.2) is 49.3 Å². The number of ether oxygens (including phenoxy) is 1. The minimum Gasteiger partial charge on any atom is -0.481 e. The number of hydrogen-bond acceptors (Lipinski definition) is 5. The van der Waals surface area contributed by atoms with Gasteiger partial charge in [0.15, 0.2) is 0 Å².